The topological polar surface area (TPSA) is 65.0 Å². The van der Waals surface area contributed by atoms with E-state index in [1.54, 1.807) is 7.11 Å². The van der Waals surface area contributed by atoms with Gasteiger partial charge in [0.1, 0.15) is 6.10 Å². The van der Waals surface area contributed by atoms with Crippen LogP contribution < -0.4 is 0 Å². The van der Waals surface area contributed by atoms with E-state index in [0.717, 1.165) is 19.3 Å². The van der Waals surface area contributed by atoms with E-state index < -0.39 is 13.4 Å². The molecule has 0 heterocycles. The molecule has 202 valence electrons. The maximum absolute atomic E-state index is 12.7. The zero-order valence-corrected chi connectivity index (χ0v) is 23.9. The summed E-state index contributed by atoms with van der Waals surface area (Å²) >= 11 is 0. The zero-order valence-electron chi connectivity index (χ0n) is 23.0. The van der Waals surface area contributed by atoms with Crippen LogP contribution in [0.4, 0.5) is 0 Å². The standard InChI is InChI=1S/C27H54NO5P/c1-7-9-10-11-12-13-14-15-16-17-18-19-20-21-22-23-32-24-26(31-6)25-33-34(29,30)27(8-2)28(3,4)5/h11-12,17-18,26-27H,7-10,13-16,19-25H2,1-6H3/p+1/b12-11-,18-17-/t26-,27?/m1/s1. The summed E-state index contributed by atoms with van der Waals surface area (Å²) in [6, 6.07) is 0. The second kappa shape index (κ2) is 20.7. The molecule has 1 N–H and O–H groups in total. The van der Waals surface area contributed by atoms with Gasteiger partial charge in [-0.15, -0.1) is 0 Å². The predicted octanol–water partition coefficient (Wildman–Crippen LogP) is 7.09. The van der Waals surface area contributed by atoms with Crippen LogP contribution in [0.25, 0.3) is 0 Å². The molecule has 0 amide bonds. The number of hydrogen-bond acceptors (Lipinski definition) is 4. The summed E-state index contributed by atoms with van der Waals surface area (Å²) in [4.78, 5) is 10.4. The molecule has 34 heavy (non-hydrogen) atoms. The molecule has 0 aromatic carbocycles. The van der Waals surface area contributed by atoms with E-state index in [9.17, 15) is 9.46 Å². The van der Waals surface area contributed by atoms with Crippen LogP contribution in [-0.4, -0.2) is 69.3 Å². The van der Waals surface area contributed by atoms with E-state index >= 15 is 0 Å². The van der Waals surface area contributed by atoms with Crippen LogP contribution >= 0.6 is 7.60 Å². The largest absolute Gasteiger partial charge is 0.385 e. The van der Waals surface area contributed by atoms with Gasteiger partial charge < -0.3 is 23.4 Å². The summed E-state index contributed by atoms with van der Waals surface area (Å²) in [6.07, 6.45) is 22.7. The van der Waals surface area contributed by atoms with Gasteiger partial charge in [-0.2, -0.15) is 0 Å². The Labute approximate surface area is 210 Å². The quantitative estimate of drug-likeness (QED) is 0.0697. The van der Waals surface area contributed by atoms with E-state index in [1.807, 2.05) is 28.1 Å². The minimum atomic E-state index is -3.74. The third kappa shape index (κ3) is 17.9. The second-order valence-electron chi connectivity index (χ2n) is 10.0. The summed E-state index contributed by atoms with van der Waals surface area (Å²) in [5.74, 6) is -0.461. The van der Waals surface area contributed by atoms with Crippen molar-refractivity contribution in [3.8, 4) is 0 Å². The van der Waals surface area contributed by atoms with Crippen LogP contribution in [0.15, 0.2) is 24.3 Å². The van der Waals surface area contributed by atoms with Gasteiger partial charge in [-0.3, -0.25) is 4.57 Å². The van der Waals surface area contributed by atoms with Crippen LogP contribution in [0.1, 0.15) is 90.9 Å². The number of ether oxygens (including phenoxy) is 2. The highest BCUT2D eigenvalue weighted by Crippen LogP contribution is 2.51. The molecule has 0 rings (SSSR count). The molecule has 0 aliphatic carbocycles. The molecule has 0 bridgehead atoms. The van der Waals surface area contributed by atoms with Crippen LogP contribution in [0, 0.1) is 0 Å². The van der Waals surface area contributed by atoms with Crippen molar-refractivity contribution in [2.24, 2.45) is 0 Å². The molecule has 0 aromatic rings. The van der Waals surface area contributed by atoms with Crippen molar-refractivity contribution >= 4 is 7.60 Å². The Balaban J connectivity index is 3.78. The van der Waals surface area contributed by atoms with Crippen LogP contribution in [0.2, 0.25) is 0 Å². The third-order valence-corrected chi connectivity index (χ3v) is 8.26. The van der Waals surface area contributed by atoms with Gasteiger partial charge in [-0.25, -0.2) is 0 Å². The smallest absolute Gasteiger partial charge is 0.379 e. The highest BCUT2D eigenvalue weighted by molar-refractivity contribution is 7.53. The molecule has 7 heteroatoms. The number of methoxy groups -OCH3 is 1. The highest BCUT2D eigenvalue weighted by Gasteiger charge is 2.41. The molecule has 2 unspecified atom stereocenters. The van der Waals surface area contributed by atoms with Gasteiger partial charge in [0.2, 0.25) is 0 Å². The van der Waals surface area contributed by atoms with Crippen molar-refractivity contribution in [1.82, 2.24) is 0 Å². The Morgan fingerprint density at radius 2 is 1.35 bits per heavy atom. The monoisotopic (exact) mass is 504 g/mol. The van der Waals surface area contributed by atoms with E-state index in [0.29, 0.717) is 24.1 Å². The average Bonchev–Trinajstić information content (AvgIpc) is 2.77. The molecule has 6 nitrogen and oxygen atoms in total. The second-order valence-corrected chi connectivity index (χ2v) is 12.0. The average molecular weight is 505 g/mol. The SMILES string of the molecule is CCCC/C=C\CCCC/C=C\CCCCCOC[C@H](COP(=O)(O)C(CC)[N+](C)(C)C)OC. The Morgan fingerprint density at radius 3 is 1.82 bits per heavy atom. The summed E-state index contributed by atoms with van der Waals surface area (Å²) in [6.45, 7) is 5.23. The Hall–Kier alpha value is -0.490. The van der Waals surface area contributed by atoms with Crippen LogP contribution in [0.3, 0.4) is 0 Å². The van der Waals surface area contributed by atoms with Gasteiger partial charge in [0, 0.05) is 20.1 Å². The van der Waals surface area contributed by atoms with Crippen LogP contribution in [-0.2, 0) is 18.6 Å². The van der Waals surface area contributed by atoms with Crippen molar-refractivity contribution in [2.75, 3.05) is 48.1 Å². The minimum Gasteiger partial charge on any atom is -0.379 e. The lowest BCUT2D eigenvalue weighted by molar-refractivity contribution is -0.883. The van der Waals surface area contributed by atoms with E-state index in [4.69, 9.17) is 14.0 Å². The molecular formula is C27H55NO5P+. The molecule has 0 saturated carbocycles. The van der Waals surface area contributed by atoms with Gasteiger partial charge >= 0.3 is 7.60 Å². The molecule has 0 aliphatic heterocycles. The first kappa shape index (κ1) is 33.5. The van der Waals surface area contributed by atoms with Gasteiger partial charge in [0.25, 0.3) is 0 Å². The van der Waals surface area contributed by atoms with Crippen molar-refractivity contribution in [1.29, 1.82) is 0 Å². The molecule has 0 spiro atoms. The number of quaternary nitrogens is 1. The lowest BCUT2D eigenvalue weighted by Gasteiger charge is -2.35. The van der Waals surface area contributed by atoms with Crippen molar-refractivity contribution in [2.45, 2.75) is 103 Å². The molecule has 0 saturated heterocycles. The lowest BCUT2D eigenvalue weighted by atomic mass is 10.1. The first-order valence-electron chi connectivity index (χ1n) is 13.4. The van der Waals surface area contributed by atoms with Gasteiger partial charge in [0.05, 0.1) is 34.4 Å². The van der Waals surface area contributed by atoms with Crippen molar-refractivity contribution in [3.63, 3.8) is 0 Å². The maximum atomic E-state index is 12.7. The first-order valence-corrected chi connectivity index (χ1v) is 15.0. The Bertz CT molecular complexity index is 574. The summed E-state index contributed by atoms with van der Waals surface area (Å²) < 4.78 is 29.6. The van der Waals surface area contributed by atoms with E-state index in [2.05, 4.69) is 31.2 Å². The lowest BCUT2D eigenvalue weighted by Crippen LogP contribution is -2.45. The van der Waals surface area contributed by atoms with Gasteiger partial charge in [-0.1, -0.05) is 57.4 Å². The number of nitrogens with zero attached hydrogens (tertiary/aromatic N) is 1. The van der Waals surface area contributed by atoms with E-state index in [-0.39, 0.29) is 12.7 Å². The molecule has 0 fully saturated rings. The number of hydrogen-bond donors (Lipinski definition) is 1. The van der Waals surface area contributed by atoms with Crippen LogP contribution in [0.5, 0.6) is 0 Å². The van der Waals surface area contributed by atoms with Crippen molar-refractivity contribution in [3.05, 3.63) is 24.3 Å². The molecule has 0 aliphatic rings. The normalized spacial score (nSPS) is 16.3. The summed E-state index contributed by atoms with van der Waals surface area (Å²) in [5.41, 5.74) is 0. The van der Waals surface area contributed by atoms with Gasteiger partial charge in [-0.05, 0) is 51.4 Å². The fraction of sp³-hybridized carbons (Fsp3) is 0.852. The summed E-state index contributed by atoms with van der Waals surface area (Å²) in [5, 5.41) is 0. The third-order valence-electron chi connectivity index (χ3n) is 5.93. The van der Waals surface area contributed by atoms with Gasteiger partial charge in [0.15, 0.2) is 5.78 Å². The Kier molecular flexibility index (Phi) is 20.4. The van der Waals surface area contributed by atoms with Crippen molar-refractivity contribution < 1.29 is 27.9 Å². The summed E-state index contributed by atoms with van der Waals surface area (Å²) in [7, 11) is 3.55. The number of allylic oxidation sites excluding steroid dienone is 4. The molecule has 0 radical (unpaired) electrons. The highest BCUT2D eigenvalue weighted by atomic mass is 31.2. The molecule has 3 atom stereocenters. The zero-order chi connectivity index (χ0) is 25.7. The minimum absolute atomic E-state index is 0.0563. The fourth-order valence-corrected chi connectivity index (χ4v) is 5.74. The molecular weight excluding hydrogens is 449 g/mol. The maximum Gasteiger partial charge on any atom is 0.385 e. The first-order chi connectivity index (χ1) is 16.2. The molecule has 0 aromatic heterocycles. The predicted molar refractivity (Wildman–Crippen MR) is 144 cm³/mol. The van der Waals surface area contributed by atoms with E-state index in [1.165, 1.54) is 51.4 Å². The fourth-order valence-electron chi connectivity index (χ4n) is 3.85. The Morgan fingerprint density at radius 1 is 0.824 bits per heavy atom. The number of rotatable bonds is 23. The number of unbranched alkanes of at least 4 members (excludes halogenated alkanes) is 8.